The molecule has 0 atom stereocenters. The zero-order valence-corrected chi connectivity index (χ0v) is 16.9. The first kappa shape index (κ1) is 19.0. The molecule has 7 heteroatoms. The number of aryl methyl sites for hydroxylation is 2. The number of carbonyl (C=O) groups excluding carboxylic acids is 1. The van der Waals surface area contributed by atoms with E-state index in [2.05, 4.69) is 6.58 Å². The molecular weight excluding hydrogens is 392 g/mol. The van der Waals surface area contributed by atoms with Gasteiger partial charge in [0.1, 0.15) is 10.6 Å². The predicted octanol–water partition coefficient (Wildman–Crippen LogP) is 4.20. The Morgan fingerprint density at radius 2 is 2.04 bits per heavy atom. The van der Waals surface area contributed by atoms with Crippen molar-refractivity contribution in [1.82, 2.24) is 9.55 Å². The molecule has 144 valence electrons. The normalized spacial score (nSPS) is 13.4. The van der Waals surface area contributed by atoms with Crippen molar-refractivity contribution in [2.24, 2.45) is 0 Å². The van der Waals surface area contributed by atoms with Gasteiger partial charge in [-0.15, -0.1) is 17.9 Å². The fourth-order valence-electron chi connectivity index (χ4n) is 3.48. The molecule has 0 unspecified atom stereocenters. The van der Waals surface area contributed by atoms with Gasteiger partial charge in [0.25, 0.3) is 5.56 Å². The number of hydrogen-bond donors (Lipinski definition) is 1. The Kier molecular flexibility index (Phi) is 5.37. The van der Waals surface area contributed by atoms with Crippen LogP contribution in [-0.4, -0.2) is 26.2 Å². The number of benzene rings is 1. The van der Waals surface area contributed by atoms with Crippen LogP contribution in [0.3, 0.4) is 0 Å². The van der Waals surface area contributed by atoms with Gasteiger partial charge < -0.3 is 5.11 Å². The van der Waals surface area contributed by atoms with Crippen LogP contribution in [0.2, 0.25) is 0 Å². The summed E-state index contributed by atoms with van der Waals surface area (Å²) in [6, 6.07) is 6.18. The minimum Gasteiger partial charge on any atom is -0.508 e. The molecule has 0 radical (unpaired) electrons. The molecule has 28 heavy (non-hydrogen) atoms. The average Bonchev–Trinajstić information content (AvgIpc) is 3.07. The minimum atomic E-state index is -0.0741. The van der Waals surface area contributed by atoms with Crippen LogP contribution in [0.4, 0.5) is 0 Å². The number of thioether (sulfide) groups is 1. The van der Waals surface area contributed by atoms with Gasteiger partial charge in [-0.2, -0.15) is 0 Å². The number of rotatable bonds is 6. The minimum absolute atomic E-state index is 0.0381. The highest BCUT2D eigenvalue weighted by atomic mass is 32.2. The molecule has 0 spiro atoms. The molecule has 2 aromatic heterocycles. The van der Waals surface area contributed by atoms with Gasteiger partial charge in [0.15, 0.2) is 10.9 Å². The number of hydrogen-bond acceptors (Lipinski definition) is 6. The summed E-state index contributed by atoms with van der Waals surface area (Å²) in [5.41, 5.74) is 1.65. The third-order valence-corrected chi connectivity index (χ3v) is 7.04. The highest BCUT2D eigenvalue weighted by Crippen LogP contribution is 2.34. The first-order valence-corrected chi connectivity index (χ1v) is 11.0. The number of phenolic OH excluding ortho intramolecular Hbond substituents is 1. The van der Waals surface area contributed by atoms with Gasteiger partial charge >= 0.3 is 0 Å². The van der Waals surface area contributed by atoms with E-state index in [0.29, 0.717) is 17.3 Å². The number of ketones is 1. The number of carbonyl (C=O) groups is 1. The molecule has 0 fully saturated rings. The largest absolute Gasteiger partial charge is 0.508 e. The van der Waals surface area contributed by atoms with Crippen molar-refractivity contribution in [1.29, 1.82) is 0 Å². The lowest BCUT2D eigenvalue weighted by atomic mass is 9.97. The molecule has 5 nitrogen and oxygen atoms in total. The van der Waals surface area contributed by atoms with E-state index in [9.17, 15) is 14.7 Å². The second-order valence-corrected chi connectivity index (χ2v) is 8.77. The van der Waals surface area contributed by atoms with Gasteiger partial charge in [-0.1, -0.05) is 17.8 Å². The first-order valence-electron chi connectivity index (χ1n) is 9.19. The van der Waals surface area contributed by atoms with E-state index in [1.165, 1.54) is 34.3 Å². The van der Waals surface area contributed by atoms with Gasteiger partial charge in [0, 0.05) is 17.0 Å². The average molecular weight is 413 g/mol. The number of fused-ring (bicyclic) bond motifs is 3. The molecular formula is C21H20N2O3S2. The monoisotopic (exact) mass is 412 g/mol. The van der Waals surface area contributed by atoms with Crippen molar-refractivity contribution in [3.05, 3.63) is 63.3 Å². The molecule has 0 aliphatic heterocycles. The molecule has 4 rings (SSSR count). The molecule has 2 heterocycles. The summed E-state index contributed by atoms with van der Waals surface area (Å²) >= 11 is 2.88. The van der Waals surface area contributed by atoms with Gasteiger partial charge in [-0.25, -0.2) is 4.98 Å². The summed E-state index contributed by atoms with van der Waals surface area (Å²) in [4.78, 5) is 32.4. The molecule has 0 saturated carbocycles. The van der Waals surface area contributed by atoms with E-state index in [4.69, 9.17) is 4.98 Å². The maximum Gasteiger partial charge on any atom is 0.263 e. The number of thiophene rings is 1. The molecule has 1 aromatic carbocycles. The number of nitrogens with zero attached hydrogens (tertiary/aromatic N) is 2. The number of aromatic nitrogens is 2. The lowest BCUT2D eigenvalue weighted by molar-refractivity contribution is 0.102. The Hall–Kier alpha value is -2.38. The third kappa shape index (κ3) is 3.52. The molecule has 0 saturated heterocycles. The zero-order valence-electron chi connectivity index (χ0n) is 15.3. The van der Waals surface area contributed by atoms with Crippen LogP contribution < -0.4 is 5.56 Å². The predicted molar refractivity (Wildman–Crippen MR) is 114 cm³/mol. The van der Waals surface area contributed by atoms with Crippen molar-refractivity contribution >= 4 is 39.1 Å². The Balaban J connectivity index is 1.68. The zero-order chi connectivity index (χ0) is 19.7. The first-order chi connectivity index (χ1) is 13.6. The SMILES string of the molecule is C=CCn1c(SCC(=O)c2ccc(O)cc2)nc2sc3c(c2c1=O)CCCC3. The van der Waals surface area contributed by atoms with Gasteiger partial charge in [-0.05, 0) is 55.5 Å². The van der Waals surface area contributed by atoms with Gasteiger partial charge in [0.2, 0.25) is 0 Å². The maximum atomic E-state index is 13.2. The maximum absolute atomic E-state index is 13.2. The van der Waals surface area contributed by atoms with Gasteiger partial charge in [-0.3, -0.25) is 14.2 Å². The van der Waals surface area contributed by atoms with Crippen LogP contribution in [0.25, 0.3) is 10.2 Å². The number of Topliss-reactive ketones (excluding diaryl/α,β-unsaturated/α-hetero) is 1. The lowest BCUT2D eigenvalue weighted by Crippen LogP contribution is -2.23. The summed E-state index contributed by atoms with van der Waals surface area (Å²) in [6.07, 6.45) is 5.89. The van der Waals surface area contributed by atoms with Crippen LogP contribution in [0.5, 0.6) is 5.75 Å². The molecule has 3 aromatic rings. The quantitative estimate of drug-likeness (QED) is 0.284. The topological polar surface area (TPSA) is 72.2 Å². The standard InChI is InChI=1S/C21H20N2O3S2/c1-2-11-23-20(26)18-15-5-3-4-6-17(15)28-19(18)22-21(23)27-12-16(25)13-7-9-14(24)10-8-13/h2,7-10,24H,1,3-6,11-12H2. The van der Waals surface area contributed by atoms with Crippen molar-refractivity contribution in [3.8, 4) is 5.75 Å². The summed E-state index contributed by atoms with van der Waals surface area (Å²) in [6.45, 7) is 4.12. The Labute approximate surface area is 170 Å². The van der Waals surface area contributed by atoms with Crippen molar-refractivity contribution < 1.29 is 9.90 Å². The van der Waals surface area contributed by atoms with Crippen LogP contribution in [0.15, 0.2) is 46.9 Å². The second kappa shape index (κ2) is 7.93. The fourth-order valence-corrected chi connectivity index (χ4v) is 5.69. The van der Waals surface area contributed by atoms with E-state index < -0.39 is 0 Å². The van der Waals surface area contributed by atoms with E-state index in [0.717, 1.165) is 35.9 Å². The number of phenols is 1. The summed E-state index contributed by atoms with van der Waals surface area (Å²) in [5, 5.41) is 10.7. The molecule has 1 aliphatic rings. The van der Waals surface area contributed by atoms with Crippen molar-refractivity contribution in [2.45, 2.75) is 37.4 Å². The molecule has 0 amide bonds. The highest BCUT2D eigenvalue weighted by Gasteiger charge is 2.22. The van der Waals surface area contributed by atoms with Crippen LogP contribution >= 0.6 is 23.1 Å². The van der Waals surface area contributed by atoms with E-state index in [1.54, 1.807) is 34.1 Å². The smallest absolute Gasteiger partial charge is 0.263 e. The highest BCUT2D eigenvalue weighted by molar-refractivity contribution is 7.99. The van der Waals surface area contributed by atoms with E-state index in [-0.39, 0.29) is 22.8 Å². The molecule has 0 bridgehead atoms. The van der Waals surface area contributed by atoms with Gasteiger partial charge in [0.05, 0.1) is 11.1 Å². The number of aromatic hydroxyl groups is 1. The Morgan fingerprint density at radius 3 is 2.79 bits per heavy atom. The third-order valence-electron chi connectivity index (χ3n) is 4.87. The summed E-state index contributed by atoms with van der Waals surface area (Å²) < 4.78 is 1.62. The summed E-state index contributed by atoms with van der Waals surface area (Å²) in [7, 11) is 0. The van der Waals surface area contributed by atoms with Crippen LogP contribution in [0, 0.1) is 0 Å². The second-order valence-electron chi connectivity index (χ2n) is 6.75. The Bertz CT molecular complexity index is 1110. The lowest BCUT2D eigenvalue weighted by Gasteiger charge is -2.12. The van der Waals surface area contributed by atoms with Crippen LogP contribution in [-0.2, 0) is 19.4 Å². The Morgan fingerprint density at radius 1 is 1.29 bits per heavy atom. The van der Waals surface area contributed by atoms with E-state index in [1.807, 2.05) is 0 Å². The van der Waals surface area contributed by atoms with E-state index >= 15 is 0 Å². The van der Waals surface area contributed by atoms with Crippen molar-refractivity contribution in [2.75, 3.05) is 5.75 Å². The van der Waals surface area contributed by atoms with Crippen molar-refractivity contribution in [3.63, 3.8) is 0 Å². The molecule has 1 aliphatic carbocycles. The van der Waals surface area contributed by atoms with Crippen LogP contribution in [0.1, 0.15) is 33.6 Å². The fraction of sp³-hybridized carbons (Fsp3) is 0.286. The molecule has 1 N–H and O–H groups in total. The summed E-state index contributed by atoms with van der Waals surface area (Å²) in [5.74, 6) is 0.220. The number of allylic oxidation sites excluding steroid dienone is 1.